The van der Waals surface area contributed by atoms with E-state index in [-0.39, 0.29) is 0 Å². The van der Waals surface area contributed by atoms with E-state index in [2.05, 4.69) is 211 Å². The minimum Gasteiger partial charge on any atom is -0.456 e. The maximum absolute atomic E-state index is 6.41. The molecule has 0 atom stereocenters. The minimum absolute atomic E-state index is 0.884. The van der Waals surface area contributed by atoms with Gasteiger partial charge < -0.3 is 9.64 Å². The topological polar surface area (TPSA) is 12.5 Å². The van der Waals surface area contributed by atoms with Crippen molar-refractivity contribution >= 4 is 49.4 Å². The molecule has 10 aromatic rings. The second-order valence-electron chi connectivity index (χ2n) is 14.5. The Bertz CT molecular complexity index is 3010. The summed E-state index contributed by atoms with van der Waals surface area (Å²) < 4.78 is 6.41. The standard InChI is InChI=1S/C54H35NO/c1-3-23-44-36(14-1)16-11-27-46(44)38-18-9-21-42(33-38)55(43-22-10-19-39(34-43)47-28-12-17-37-15-2-4-24-45(37)47)51-29-7-5-25-48(51)41-32-40-20-13-31-53-54(40)50(35-41)49-26-6-8-30-52(49)56-53/h1-35H. The Morgan fingerprint density at radius 2 is 0.804 bits per heavy atom. The third-order valence-corrected chi connectivity index (χ3v) is 11.2. The van der Waals surface area contributed by atoms with Crippen molar-refractivity contribution in [2.45, 2.75) is 0 Å². The summed E-state index contributed by atoms with van der Waals surface area (Å²) >= 11 is 0. The van der Waals surface area contributed by atoms with Crippen molar-refractivity contribution in [1.29, 1.82) is 0 Å². The molecule has 1 aliphatic rings. The van der Waals surface area contributed by atoms with Crippen LogP contribution in [0.25, 0.3) is 76.8 Å². The fourth-order valence-electron chi connectivity index (χ4n) is 8.66. The van der Waals surface area contributed by atoms with Crippen molar-refractivity contribution in [3.63, 3.8) is 0 Å². The van der Waals surface area contributed by atoms with Gasteiger partial charge in [0.1, 0.15) is 11.5 Å². The molecule has 2 heteroatoms. The molecule has 0 spiro atoms. The molecular weight excluding hydrogens is 679 g/mol. The van der Waals surface area contributed by atoms with Gasteiger partial charge in [0.25, 0.3) is 0 Å². The SMILES string of the molecule is c1cc(-c2cccc3ccccc23)cc(N(c2cccc(-c3cccc4ccccc34)c2)c2ccccc2-c2cc3c4c(cccc4c2)Oc2ccccc2-3)c1. The number of nitrogens with zero attached hydrogens (tertiary/aromatic N) is 1. The summed E-state index contributed by atoms with van der Waals surface area (Å²) in [5.41, 5.74) is 12.6. The number of ether oxygens (including phenoxy) is 1. The van der Waals surface area contributed by atoms with Gasteiger partial charge in [0.2, 0.25) is 0 Å². The molecule has 0 N–H and O–H groups in total. The predicted molar refractivity (Wildman–Crippen MR) is 235 cm³/mol. The molecule has 56 heavy (non-hydrogen) atoms. The first-order valence-corrected chi connectivity index (χ1v) is 19.2. The van der Waals surface area contributed by atoms with Crippen LogP contribution in [0, 0.1) is 0 Å². The van der Waals surface area contributed by atoms with E-state index in [0.29, 0.717) is 0 Å². The highest BCUT2D eigenvalue weighted by Gasteiger charge is 2.23. The molecule has 0 fully saturated rings. The number of benzene rings is 10. The van der Waals surface area contributed by atoms with E-state index in [1.165, 1.54) is 49.4 Å². The van der Waals surface area contributed by atoms with E-state index in [0.717, 1.165) is 56.0 Å². The molecule has 0 aromatic heterocycles. The average molecular weight is 714 g/mol. The summed E-state index contributed by atoms with van der Waals surface area (Å²) in [6.07, 6.45) is 0. The van der Waals surface area contributed by atoms with Crippen LogP contribution in [0.4, 0.5) is 17.1 Å². The van der Waals surface area contributed by atoms with Crippen LogP contribution in [0.5, 0.6) is 11.5 Å². The largest absolute Gasteiger partial charge is 0.456 e. The van der Waals surface area contributed by atoms with Gasteiger partial charge in [-0.05, 0) is 115 Å². The quantitative estimate of drug-likeness (QED) is 0.170. The Morgan fingerprint density at radius 3 is 1.50 bits per heavy atom. The first kappa shape index (κ1) is 32.0. The van der Waals surface area contributed by atoms with Crippen molar-refractivity contribution in [3.8, 4) is 56.0 Å². The number of hydrogen-bond donors (Lipinski definition) is 0. The molecule has 0 saturated heterocycles. The highest BCUT2D eigenvalue weighted by Crippen LogP contribution is 2.50. The summed E-state index contributed by atoms with van der Waals surface area (Å²) in [5.74, 6) is 1.78. The van der Waals surface area contributed by atoms with Crippen LogP contribution in [0.3, 0.4) is 0 Å². The van der Waals surface area contributed by atoms with Crippen LogP contribution in [0.15, 0.2) is 212 Å². The smallest absolute Gasteiger partial charge is 0.135 e. The lowest BCUT2D eigenvalue weighted by atomic mass is 9.90. The van der Waals surface area contributed by atoms with Crippen LogP contribution < -0.4 is 9.64 Å². The first-order valence-electron chi connectivity index (χ1n) is 19.2. The van der Waals surface area contributed by atoms with Crippen molar-refractivity contribution in [2.24, 2.45) is 0 Å². The summed E-state index contributed by atoms with van der Waals surface area (Å²) in [6.45, 7) is 0. The van der Waals surface area contributed by atoms with Crippen molar-refractivity contribution in [3.05, 3.63) is 212 Å². The zero-order valence-corrected chi connectivity index (χ0v) is 30.6. The van der Waals surface area contributed by atoms with Crippen molar-refractivity contribution in [2.75, 3.05) is 4.90 Å². The van der Waals surface area contributed by atoms with Crippen LogP contribution >= 0.6 is 0 Å². The Hall–Kier alpha value is -7.42. The Balaban J connectivity index is 1.14. The number of fused-ring (bicyclic) bond motifs is 4. The first-order chi connectivity index (χ1) is 27.8. The van der Waals surface area contributed by atoms with E-state index in [9.17, 15) is 0 Å². The fraction of sp³-hybridized carbons (Fsp3) is 0. The van der Waals surface area contributed by atoms with Gasteiger partial charge in [-0.25, -0.2) is 0 Å². The molecule has 1 heterocycles. The van der Waals surface area contributed by atoms with E-state index in [1.54, 1.807) is 0 Å². The van der Waals surface area contributed by atoms with Gasteiger partial charge in [0.05, 0.1) is 5.69 Å². The molecule has 1 aliphatic heterocycles. The predicted octanol–water partition coefficient (Wildman–Crippen LogP) is 15.4. The van der Waals surface area contributed by atoms with Crippen LogP contribution in [0.2, 0.25) is 0 Å². The molecule has 262 valence electrons. The normalized spacial score (nSPS) is 11.7. The Morgan fingerprint density at radius 1 is 0.304 bits per heavy atom. The Kier molecular flexibility index (Phi) is 7.53. The van der Waals surface area contributed by atoms with E-state index in [4.69, 9.17) is 4.74 Å². The molecule has 2 nitrogen and oxygen atoms in total. The molecular formula is C54H35NO. The van der Waals surface area contributed by atoms with Crippen LogP contribution in [-0.4, -0.2) is 0 Å². The lowest BCUT2D eigenvalue weighted by Gasteiger charge is -2.29. The van der Waals surface area contributed by atoms with Gasteiger partial charge in [0.15, 0.2) is 0 Å². The number of rotatable bonds is 6. The minimum atomic E-state index is 0.884. The van der Waals surface area contributed by atoms with Gasteiger partial charge in [-0.2, -0.15) is 0 Å². The zero-order chi connectivity index (χ0) is 37.0. The van der Waals surface area contributed by atoms with Gasteiger partial charge >= 0.3 is 0 Å². The van der Waals surface area contributed by atoms with Gasteiger partial charge in [-0.3, -0.25) is 0 Å². The van der Waals surface area contributed by atoms with Crippen LogP contribution in [-0.2, 0) is 0 Å². The summed E-state index contributed by atoms with van der Waals surface area (Å²) in [7, 11) is 0. The number of para-hydroxylation sites is 2. The summed E-state index contributed by atoms with van der Waals surface area (Å²) in [5, 5.41) is 7.25. The highest BCUT2D eigenvalue weighted by molar-refractivity contribution is 6.07. The van der Waals surface area contributed by atoms with Gasteiger partial charge in [-0.1, -0.05) is 158 Å². The monoisotopic (exact) mass is 713 g/mol. The molecule has 0 amide bonds. The maximum atomic E-state index is 6.41. The number of anilines is 3. The fourth-order valence-corrected chi connectivity index (χ4v) is 8.66. The van der Waals surface area contributed by atoms with Gasteiger partial charge in [0, 0.05) is 27.9 Å². The lowest BCUT2D eigenvalue weighted by molar-refractivity contribution is 0.487. The summed E-state index contributed by atoms with van der Waals surface area (Å²) in [4.78, 5) is 2.43. The van der Waals surface area contributed by atoms with E-state index >= 15 is 0 Å². The lowest BCUT2D eigenvalue weighted by Crippen LogP contribution is -2.11. The molecule has 0 saturated carbocycles. The third-order valence-electron chi connectivity index (χ3n) is 11.2. The number of hydrogen-bond acceptors (Lipinski definition) is 2. The zero-order valence-electron chi connectivity index (χ0n) is 30.6. The second kappa shape index (κ2) is 13.2. The molecule has 0 bridgehead atoms. The van der Waals surface area contributed by atoms with Gasteiger partial charge in [-0.15, -0.1) is 0 Å². The molecule has 10 aromatic carbocycles. The third kappa shape index (κ3) is 5.34. The molecule has 11 rings (SSSR count). The molecule has 0 aliphatic carbocycles. The average Bonchev–Trinajstić information content (AvgIpc) is 3.26. The van der Waals surface area contributed by atoms with Crippen LogP contribution in [0.1, 0.15) is 0 Å². The van der Waals surface area contributed by atoms with Crippen molar-refractivity contribution < 1.29 is 4.74 Å². The Labute approximate surface area is 326 Å². The van der Waals surface area contributed by atoms with E-state index in [1.807, 2.05) is 6.07 Å². The highest BCUT2D eigenvalue weighted by atomic mass is 16.5. The van der Waals surface area contributed by atoms with E-state index < -0.39 is 0 Å². The second-order valence-corrected chi connectivity index (χ2v) is 14.5. The summed E-state index contributed by atoms with van der Waals surface area (Å²) in [6, 6.07) is 76.7. The molecule has 0 unspecified atom stereocenters. The van der Waals surface area contributed by atoms with Crippen molar-refractivity contribution in [1.82, 2.24) is 0 Å². The maximum Gasteiger partial charge on any atom is 0.135 e. The molecule has 0 radical (unpaired) electrons.